The molecule has 0 aromatic heterocycles. The third kappa shape index (κ3) is 4.11. The zero-order valence-electron chi connectivity index (χ0n) is 11.4. The van der Waals surface area contributed by atoms with Gasteiger partial charge in [-0.05, 0) is 24.3 Å². The summed E-state index contributed by atoms with van der Waals surface area (Å²) in [6.07, 6.45) is 2.22. The maximum atomic E-state index is 4.21. The molecule has 0 aliphatic rings. The molecule has 0 amide bonds. The lowest BCUT2D eigenvalue weighted by Crippen LogP contribution is -2.33. The molecule has 0 aliphatic carbocycles. The summed E-state index contributed by atoms with van der Waals surface area (Å²) >= 11 is 0. The van der Waals surface area contributed by atoms with Crippen LogP contribution in [0.15, 0.2) is 24.4 Å². The molecule has 0 N–H and O–H groups in total. The van der Waals surface area contributed by atoms with Crippen LogP contribution in [0.4, 0.5) is 0 Å². The first kappa shape index (κ1) is 14.3. The summed E-state index contributed by atoms with van der Waals surface area (Å²) in [6, 6.07) is 0.365. The fourth-order valence-electron chi connectivity index (χ4n) is 1.60. The molecule has 1 unspecified atom stereocenters. The maximum Gasteiger partial charge on any atom is 0.0470 e. The van der Waals surface area contributed by atoms with E-state index in [2.05, 4.69) is 59.7 Å². The maximum absolute atomic E-state index is 4.21. The molecule has 0 aliphatic heterocycles. The van der Waals surface area contributed by atoms with E-state index in [4.69, 9.17) is 0 Å². The second-order valence-corrected chi connectivity index (χ2v) is 5.38. The van der Waals surface area contributed by atoms with Crippen molar-refractivity contribution in [3.63, 3.8) is 0 Å². The van der Waals surface area contributed by atoms with Crippen molar-refractivity contribution in [3.8, 4) is 0 Å². The van der Waals surface area contributed by atoms with Gasteiger partial charge in [0.15, 0.2) is 0 Å². The Bertz CT molecular complexity index is 232. The molecule has 1 atom stereocenters. The molecule has 0 fully saturated rings. The van der Waals surface area contributed by atoms with Gasteiger partial charge in [-0.15, -0.1) is 0 Å². The molecule has 0 aromatic rings. The predicted molar refractivity (Wildman–Crippen MR) is 69.9 cm³/mol. The molecule has 0 saturated heterocycles. The Morgan fingerprint density at radius 1 is 1.27 bits per heavy atom. The van der Waals surface area contributed by atoms with Crippen LogP contribution >= 0.6 is 0 Å². The number of rotatable bonds is 5. The highest BCUT2D eigenvalue weighted by atomic mass is 15.1. The number of hydrogen-bond acceptors (Lipinski definition) is 1. The van der Waals surface area contributed by atoms with Crippen molar-refractivity contribution in [2.45, 2.75) is 53.5 Å². The molecule has 1 nitrogen and oxygen atoms in total. The van der Waals surface area contributed by atoms with Crippen molar-refractivity contribution in [2.75, 3.05) is 7.05 Å². The van der Waals surface area contributed by atoms with Crippen molar-refractivity contribution < 1.29 is 0 Å². The van der Waals surface area contributed by atoms with Gasteiger partial charge in [0.25, 0.3) is 0 Å². The van der Waals surface area contributed by atoms with Crippen molar-refractivity contribution in [1.29, 1.82) is 0 Å². The summed E-state index contributed by atoms with van der Waals surface area (Å²) in [7, 11) is 2.11. The lowest BCUT2D eigenvalue weighted by atomic mass is 9.83. The van der Waals surface area contributed by atoms with Crippen molar-refractivity contribution in [3.05, 3.63) is 24.4 Å². The van der Waals surface area contributed by atoms with Crippen LogP contribution in [0.2, 0.25) is 0 Å². The average Bonchev–Trinajstić information content (AvgIpc) is 2.13. The minimum absolute atomic E-state index is 0.167. The van der Waals surface area contributed by atoms with Gasteiger partial charge in [-0.25, -0.2) is 0 Å². The van der Waals surface area contributed by atoms with Gasteiger partial charge in [-0.2, -0.15) is 0 Å². The van der Waals surface area contributed by atoms with Crippen LogP contribution < -0.4 is 0 Å². The zero-order chi connectivity index (χ0) is 12.2. The summed E-state index contributed by atoms with van der Waals surface area (Å²) in [5, 5.41) is 0. The first-order chi connectivity index (χ1) is 6.71. The van der Waals surface area contributed by atoms with Crippen LogP contribution in [0.5, 0.6) is 0 Å². The Hall–Kier alpha value is -0.720. The largest absolute Gasteiger partial charge is 0.372 e. The molecule has 88 valence electrons. The summed E-state index contributed by atoms with van der Waals surface area (Å²) in [4.78, 5) is 2.25. The second kappa shape index (κ2) is 5.39. The number of allylic oxidation sites excluding steroid dienone is 1. The van der Waals surface area contributed by atoms with Gasteiger partial charge < -0.3 is 4.90 Å². The molecule has 0 saturated carbocycles. The average molecular weight is 209 g/mol. The van der Waals surface area contributed by atoms with Crippen molar-refractivity contribution >= 4 is 0 Å². The lowest BCUT2D eigenvalue weighted by molar-refractivity contribution is 0.306. The second-order valence-electron chi connectivity index (χ2n) is 5.38. The summed E-state index contributed by atoms with van der Waals surface area (Å²) in [5.74, 6) is 0. The van der Waals surface area contributed by atoms with Crippen molar-refractivity contribution in [2.24, 2.45) is 5.41 Å². The Kier molecular flexibility index (Phi) is 5.13. The van der Waals surface area contributed by atoms with E-state index in [0.29, 0.717) is 6.04 Å². The zero-order valence-corrected chi connectivity index (χ0v) is 11.4. The quantitative estimate of drug-likeness (QED) is 0.613. The Morgan fingerprint density at radius 2 is 1.73 bits per heavy atom. The van der Waals surface area contributed by atoms with E-state index in [9.17, 15) is 0 Å². The smallest absolute Gasteiger partial charge is 0.0470 e. The lowest BCUT2D eigenvalue weighted by Gasteiger charge is -2.35. The van der Waals surface area contributed by atoms with E-state index < -0.39 is 0 Å². The SMILES string of the molecule is C=C(CCC)N(C)C(C)C(=C)C(C)(C)C. The highest BCUT2D eigenvalue weighted by Gasteiger charge is 2.23. The van der Waals surface area contributed by atoms with Gasteiger partial charge in [0.2, 0.25) is 0 Å². The molecule has 0 radical (unpaired) electrons. The molecule has 0 aromatic carbocycles. The van der Waals surface area contributed by atoms with E-state index >= 15 is 0 Å². The fourth-order valence-corrected chi connectivity index (χ4v) is 1.60. The van der Waals surface area contributed by atoms with Crippen LogP contribution in [0, 0.1) is 5.41 Å². The van der Waals surface area contributed by atoms with E-state index in [1.54, 1.807) is 0 Å². The first-order valence-electron chi connectivity index (χ1n) is 5.81. The highest BCUT2D eigenvalue weighted by molar-refractivity contribution is 5.15. The van der Waals surface area contributed by atoms with Gasteiger partial charge in [0.1, 0.15) is 0 Å². The van der Waals surface area contributed by atoms with Gasteiger partial charge >= 0.3 is 0 Å². The van der Waals surface area contributed by atoms with E-state index in [1.807, 2.05) is 0 Å². The summed E-state index contributed by atoms with van der Waals surface area (Å²) < 4.78 is 0. The molecule has 0 rings (SSSR count). The van der Waals surface area contributed by atoms with Gasteiger partial charge in [-0.1, -0.05) is 47.3 Å². The van der Waals surface area contributed by atoms with Crippen LogP contribution in [0.3, 0.4) is 0 Å². The summed E-state index contributed by atoms with van der Waals surface area (Å²) in [5.41, 5.74) is 2.64. The monoisotopic (exact) mass is 209 g/mol. The van der Waals surface area contributed by atoms with Crippen LogP contribution in [-0.4, -0.2) is 18.0 Å². The number of nitrogens with zero attached hydrogens (tertiary/aromatic N) is 1. The number of hydrogen-bond donors (Lipinski definition) is 0. The molecule has 1 heteroatoms. The fraction of sp³-hybridized carbons (Fsp3) is 0.714. The molecular formula is C14H27N. The van der Waals surface area contributed by atoms with Gasteiger partial charge in [0, 0.05) is 18.8 Å². The van der Waals surface area contributed by atoms with E-state index in [1.165, 1.54) is 11.3 Å². The Labute approximate surface area is 95.9 Å². The normalized spacial score (nSPS) is 13.5. The van der Waals surface area contributed by atoms with E-state index in [-0.39, 0.29) is 5.41 Å². The molecule has 0 spiro atoms. The third-order valence-corrected chi connectivity index (χ3v) is 3.09. The standard InChI is InChI=1S/C14H27N/c1-9-10-11(2)15(8)13(4)12(3)14(5,6)7/h13H,2-3,9-10H2,1,4-8H3. The minimum atomic E-state index is 0.167. The molecule has 0 heterocycles. The third-order valence-electron chi connectivity index (χ3n) is 3.09. The van der Waals surface area contributed by atoms with Crippen LogP contribution in [0.1, 0.15) is 47.5 Å². The van der Waals surface area contributed by atoms with E-state index in [0.717, 1.165) is 12.8 Å². The van der Waals surface area contributed by atoms with Gasteiger partial charge in [-0.3, -0.25) is 0 Å². The highest BCUT2D eigenvalue weighted by Crippen LogP contribution is 2.29. The first-order valence-corrected chi connectivity index (χ1v) is 5.81. The number of likely N-dealkylation sites (N-methyl/N-ethyl adjacent to an activating group) is 1. The minimum Gasteiger partial charge on any atom is -0.372 e. The molecule has 15 heavy (non-hydrogen) atoms. The predicted octanol–water partition coefficient (Wildman–Crippen LogP) is 4.22. The van der Waals surface area contributed by atoms with Crippen molar-refractivity contribution in [1.82, 2.24) is 4.90 Å². The molecular weight excluding hydrogens is 182 g/mol. The van der Waals surface area contributed by atoms with Gasteiger partial charge in [0.05, 0.1) is 0 Å². The van der Waals surface area contributed by atoms with Crippen LogP contribution in [0.25, 0.3) is 0 Å². The molecule has 0 bridgehead atoms. The Balaban J connectivity index is 4.51. The van der Waals surface area contributed by atoms with Crippen LogP contribution in [-0.2, 0) is 0 Å². The Morgan fingerprint density at radius 3 is 2.07 bits per heavy atom. The summed E-state index contributed by atoms with van der Waals surface area (Å²) in [6.45, 7) is 19.3. The topological polar surface area (TPSA) is 3.24 Å².